The third kappa shape index (κ3) is 2.31. The van der Waals surface area contributed by atoms with Crippen molar-refractivity contribution in [3.05, 3.63) is 22.5 Å². The van der Waals surface area contributed by atoms with Crippen molar-refractivity contribution in [1.82, 2.24) is 10.0 Å². The lowest BCUT2D eigenvalue weighted by molar-refractivity contribution is -0.0760. The van der Waals surface area contributed by atoms with Crippen LogP contribution in [0.15, 0.2) is 0 Å². The summed E-state index contributed by atoms with van der Waals surface area (Å²) in [5.41, 5.74) is 1.87. The summed E-state index contributed by atoms with van der Waals surface area (Å²) in [4.78, 5) is 31.1. The van der Waals surface area contributed by atoms with Crippen LogP contribution in [0.2, 0.25) is 0 Å². The third-order valence-corrected chi connectivity index (χ3v) is 2.60. The number of nitrogens with zero attached hydrogens (tertiary/aromatic N) is 1. The SMILES string of the molecule is COC(=O)c1c(C)[nH]c(C(=O)N(C)OC)c1C. The molecule has 0 aromatic carbocycles. The smallest absolute Gasteiger partial charge is 0.339 e. The Labute approximate surface area is 99.5 Å². The zero-order valence-electron chi connectivity index (χ0n) is 10.6. The molecule has 0 aliphatic rings. The highest BCUT2D eigenvalue weighted by Gasteiger charge is 2.24. The van der Waals surface area contributed by atoms with Gasteiger partial charge in [-0.2, -0.15) is 0 Å². The summed E-state index contributed by atoms with van der Waals surface area (Å²) in [5, 5.41) is 1.08. The molecular formula is C11H16N2O4. The molecule has 1 amide bonds. The molecule has 1 heterocycles. The first-order valence-corrected chi connectivity index (χ1v) is 5.03. The fourth-order valence-electron chi connectivity index (χ4n) is 1.61. The summed E-state index contributed by atoms with van der Waals surface area (Å²) >= 11 is 0. The number of nitrogens with one attached hydrogen (secondary N) is 1. The minimum atomic E-state index is -0.463. The van der Waals surface area contributed by atoms with Gasteiger partial charge in [0.1, 0.15) is 5.69 Å². The van der Waals surface area contributed by atoms with E-state index in [0.717, 1.165) is 5.06 Å². The van der Waals surface area contributed by atoms with Gasteiger partial charge < -0.3 is 9.72 Å². The first-order valence-electron chi connectivity index (χ1n) is 5.03. The molecule has 0 aliphatic carbocycles. The number of carbonyl (C=O) groups is 2. The van der Waals surface area contributed by atoms with Crippen LogP contribution in [0.4, 0.5) is 0 Å². The van der Waals surface area contributed by atoms with Crippen LogP contribution in [0.1, 0.15) is 32.1 Å². The third-order valence-electron chi connectivity index (χ3n) is 2.60. The molecule has 1 aromatic rings. The molecular weight excluding hydrogens is 224 g/mol. The molecule has 6 nitrogen and oxygen atoms in total. The standard InChI is InChI=1S/C11H16N2O4/c1-6-8(11(15)16-4)7(2)12-9(6)10(14)13(3)17-5/h12H,1-5H3. The van der Waals surface area contributed by atoms with Crippen molar-refractivity contribution in [2.75, 3.05) is 21.3 Å². The van der Waals surface area contributed by atoms with Crippen molar-refractivity contribution >= 4 is 11.9 Å². The quantitative estimate of drug-likeness (QED) is 0.633. The second-order valence-electron chi connectivity index (χ2n) is 3.60. The number of hydrogen-bond donors (Lipinski definition) is 1. The van der Waals surface area contributed by atoms with Gasteiger partial charge in [-0.3, -0.25) is 9.63 Å². The van der Waals surface area contributed by atoms with E-state index in [1.165, 1.54) is 21.3 Å². The van der Waals surface area contributed by atoms with Crippen molar-refractivity contribution in [1.29, 1.82) is 0 Å². The number of ether oxygens (including phenoxy) is 1. The lowest BCUT2D eigenvalue weighted by atomic mass is 10.1. The van der Waals surface area contributed by atoms with Gasteiger partial charge in [0, 0.05) is 12.7 Å². The molecule has 17 heavy (non-hydrogen) atoms. The lowest BCUT2D eigenvalue weighted by Crippen LogP contribution is -2.26. The van der Waals surface area contributed by atoms with E-state index in [4.69, 9.17) is 4.84 Å². The van der Waals surface area contributed by atoms with Gasteiger partial charge in [0.15, 0.2) is 0 Å². The molecule has 0 fully saturated rings. The zero-order chi connectivity index (χ0) is 13.2. The number of aromatic amines is 1. The van der Waals surface area contributed by atoms with Crippen LogP contribution in [0, 0.1) is 13.8 Å². The van der Waals surface area contributed by atoms with Crippen molar-refractivity contribution in [2.45, 2.75) is 13.8 Å². The van der Waals surface area contributed by atoms with E-state index in [2.05, 4.69) is 9.72 Å². The fourth-order valence-corrected chi connectivity index (χ4v) is 1.61. The van der Waals surface area contributed by atoms with Gasteiger partial charge >= 0.3 is 5.97 Å². The Bertz CT molecular complexity index is 451. The van der Waals surface area contributed by atoms with Crippen LogP contribution in [-0.2, 0) is 9.57 Å². The maximum Gasteiger partial charge on any atom is 0.339 e. The lowest BCUT2D eigenvalue weighted by Gasteiger charge is -2.12. The Morgan fingerprint density at radius 2 is 1.82 bits per heavy atom. The number of hydroxylamine groups is 2. The number of esters is 1. The first kappa shape index (κ1) is 13.2. The number of carbonyl (C=O) groups excluding carboxylic acids is 2. The average Bonchev–Trinajstić information content (AvgIpc) is 2.62. The molecule has 0 spiro atoms. The van der Waals surface area contributed by atoms with Crippen LogP contribution in [0.5, 0.6) is 0 Å². The summed E-state index contributed by atoms with van der Waals surface area (Å²) in [5.74, 6) is -0.807. The minimum absolute atomic E-state index is 0.326. The zero-order valence-corrected chi connectivity index (χ0v) is 10.6. The van der Waals surface area contributed by atoms with Gasteiger partial charge in [-0.15, -0.1) is 0 Å². The molecule has 94 valence electrons. The molecule has 6 heteroatoms. The van der Waals surface area contributed by atoms with Gasteiger partial charge in [0.25, 0.3) is 5.91 Å². The summed E-state index contributed by atoms with van der Waals surface area (Å²) in [6.45, 7) is 3.40. The second kappa shape index (κ2) is 5.01. The number of rotatable bonds is 3. The summed E-state index contributed by atoms with van der Waals surface area (Å²) in [7, 11) is 4.19. The monoisotopic (exact) mass is 240 g/mol. The van der Waals surface area contributed by atoms with Crippen molar-refractivity contribution < 1.29 is 19.2 Å². The number of hydrogen-bond acceptors (Lipinski definition) is 4. The van der Waals surface area contributed by atoms with Crippen molar-refractivity contribution in [3.8, 4) is 0 Å². The van der Waals surface area contributed by atoms with Gasteiger partial charge in [-0.25, -0.2) is 9.86 Å². The number of methoxy groups -OCH3 is 1. The van der Waals surface area contributed by atoms with Crippen LogP contribution in [0.25, 0.3) is 0 Å². The van der Waals surface area contributed by atoms with Crippen molar-refractivity contribution in [3.63, 3.8) is 0 Å². The van der Waals surface area contributed by atoms with Crippen LogP contribution in [0.3, 0.4) is 0 Å². The Kier molecular flexibility index (Phi) is 3.90. The highest BCUT2D eigenvalue weighted by molar-refractivity contribution is 6.00. The van der Waals surface area contributed by atoms with E-state index in [-0.39, 0.29) is 5.91 Å². The molecule has 0 radical (unpaired) electrons. The highest BCUT2D eigenvalue weighted by atomic mass is 16.7. The Balaban J connectivity index is 3.21. The van der Waals surface area contributed by atoms with Gasteiger partial charge in [-0.1, -0.05) is 0 Å². The predicted molar refractivity (Wildman–Crippen MR) is 60.7 cm³/mol. The first-order chi connectivity index (χ1) is 7.93. The number of H-pyrrole nitrogens is 1. The predicted octanol–water partition coefficient (Wildman–Crippen LogP) is 1.05. The highest BCUT2D eigenvalue weighted by Crippen LogP contribution is 2.19. The second-order valence-corrected chi connectivity index (χ2v) is 3.60. The molecule has 0 aliphatic heterocycles. The van der Waals surface area contributed by atoms with Crippen molar-refractivity contribution in [2.24, 2.45) is 0 Å². The summed E-state index contributed by atoms with van der Waals surface area (Å²) in [6.07, 6.45) is 0. The summed E-state index contributed by atoms with van der Waals surface area (Å²) < 4.78 is 4.66. The van der Waals surface area contributed by atoms with E-state index in [9.17, 15) is 9.59 Å². The Morgan fingerprint density at radius 1 is 1.24 bits per heavy atom. The van der Waals surface area contributed by atoms with Gasteiger partial charge in [0.05, 0.1) is 19.8 Å². The van der Waals surface area contributed by atoms with E-state index < -0.39 is 5.97 Å². The molecule has 0 saturated heterocycles. The molecule has 1 rings (SSSR count). The summed E-state index contributed by atoms with van der Waals surface area (Å²) in [6, 6.07) is 0. The van der Waals surface area contributed by atoms with Gasteiger partial charge in [0.2, 0.25) is 0 Å². The van der Waals surface area contributed by atoms with Gasteiger partial charge in [-0.05, 0) is 19.4 Å². The van der Waals surface area contributed by atoms with Crippen LogP contribution in [-0.4, -0.2) is 43.2 Å². The molecule has 1 N–H and O–H groups in total. The molecule has 0 atom stereocenters. The van der Waals surface area contributed by atoms with Crippen LogP contribution < -0.4 is 0 Å². The molecule has 0 unspecified atom stereocenters. The molecule has 1 aromatic heterocycles. The number of amides is 1. The minimum Gasteiger partial charge on any atom is -0.465 e. The topological polar surface area (TPSA) is 71.6 Å². The maximum absolute atomic E-state index is 11.9. The van der Waals surface area contributed by atoms with E-state index in [1.807, 2.05) is 0 Å². The molecule has 0 bridgehead atoms. The van der Waals surface area contributed by atoms with Crippen LogP contribution >= 0.6 is 0 Å². The number of aryl methyl sites for hydroxylation is 1. The number of aromatic nitrogens is 1. The average molecular weight is 240 g/mol. The normalized spacial score (nSPS) is 10.2. The fraction of sp³-hybridized carbons (Fsp3) is 0.455. The Morgan fingerprint density at radius 3 is 2.29 bits per heavy atom. The largest absolute Gasteiger partial charge is 0.465 e. The maximum atomic E-state index is 11.9. The Hall–Kier alpha value is -1.82. The van der Waals surface area contributed by atoms with E-state index >= 15 is 0 Å². The van der Waals surface area contributed by atoms with E-state index in [0.29, 0.717) is 22.5 Å². The van der Waals surface area contributed by atoms with E-state index in [1.54, 1.807) is 13.8 Å². The molecule has 0 saturated carbocycles.